The minimum absolute atomic E-state index is 0.133. The summed E-state index contributed by atoms with van der Waals surface area (Å²) in [6.07, 6.45) is 0.602. The summed E-state index contributed by atoms with van der Waals surface area (Å²) in [5.41, 5.74) is 1.48. The molecule has 5 heteroatoms. The molecule has 0 unspecified atom stereocenters. The molecule has 2 nitrogen and oxygen atoms in total. The fourth-order valence-electron chi connectivity index (χ4n) is 1.78. The Labute approximate surface area is 139 Å². The van der Waals surface area contributed by atoms with Crippen molar-refractivity contribution < 1.29 is 9.18 Å². The maximum Gasteiger partial charge on any atom is 0.252 e. The van der Waals surface area contributed by atoms with Crippen LogP contribution < -0.4 is 5.32 Å². The largest absolute Gasteiger partial charge is 0.352 e. The maximum atomic E-state index is 13.0. The fourth-order valence-corrected chi connectivity index (χ4v) is 2.70. The van der Waals surface area contributed by atoms with Crippen molar-refractivity contribution in [3.8, 4) is 0 Å². The Hall–Kier alpha value is -0.950. The van der Waals surface area contributed by atoms with E-state index in [1.54, 1.807) is 6.07 Å². The Morgan fingerprint density at radius 3 is 2.80 bits per heavy atom. The lowest BCUT2D eigenvalue weighted by molar-refractivity contribution is 0.0953. The SMILES string of the molecule is O=C(NCCc1cccc(F)c1)c1cc(I)ccc1Br. The van der Waals surface area contributed by atoms with Crippen LogP contribution in [0, 0.1) is 9.39 Å². The van der Waals surface area contributed by atoms with Crippen molar-refractivity contribution in [3.63, 3.8) is 0 Å². The summed E-state index contributed by atoms with van der Waals surface area (Å²) < 4.78 is 14.8. The smallest absolute Gasteiger partial charge is 0.252 e. The molecule has 1 amide bonds. The van der Waals surface area contributed by atoms with E-state index in [0.29, 0.717) is 18.5 Å². The molecule has 0 aliphatic heterocycles. The molecule has 0 aliphatic rings. The van der Waals surface area contributed by atoms with E-state index in [9.17, 15) is 9.18 Å². The predicted molar refractivity (Wildman–Crippen MR) is 89.3 cm³/mol. The zero-order valence-electron chi connectivity index (χ0n) is 10.5. The van der Waals surface area contributed by atoms with Crippen LogP contribution in [-0.4, -0.2) is 12.5 Å². The number of hydrogen-bond acceptors (Lipinski definition) is 1. The average molecular weight is 448 g/mol. The van der Waals surface area contributed by atoms with Crippen LogP contribution in [0.1, 0.15) is 15.9 Å². The van der Waals surface area contributed by atoms with Gasteiger partial charge in [-0.15, -0.1) is 0 Å². The van der Waals surface area contributed by atoms with Gasteiger partial charge in [-0.25, -0.2) is 4.39 Å². The van der Waals surface area contributed by atoms with Gasteiger partial charge in [0.2, 0.25) is 0 Å². The molecule has 1 N–H and O–H groups in total. The number of carbonyl (C=O) groups excluding carboxylic acids is 1. The van der Waals surface area contributed by atoms with Crippen molar-refractivity contribution in [3.05, 3.63) is 67.5 Å². The zero-order chi connectivity index (χ0) is 14.5. The molecule has 0 radical (unpaired) electrons. The van der Waals surface area contributed by atoms with Crippen molar-refractivity contribution in [2.45, 2.75) is 6.42 Å². The van der Waals surface area contributed by atoms with Crippen molar-refractivity contribution in [1.82, 2.24) is 5.32 Å². The monoisotopic (exact) mass is 447 g/mol. The standard InChI is InChI=1S/C15H12BrFINO/c16-14-5-4-12(18)9-13(14)15(20)19-7-6-10-2-1-3-11(17)8-10/h1-5,8-9H,6-7H2,(H,19,20). The van der Waals surface area contributed by atoms with Gasteiger partial charge in [0.05, 0.1) is 5.56 Å². The lowest BCUT2D eigenvalue weighted by Gasteiger charge is -2.07. The first kappa shape index (κ1) is 15.4. The summed E-state index contributed by atoms with van der Waals surface area (Å²) in [5.74, 6) is -0.388. The van der Waals surface area contributed by atoms with Gasteiger partial charge in [-0.05, 0) is 80.8 Å². The Morgan fingerprint density at radius 2 is 2.05 bits per heavy atom. The molecule has 0 saturated carbocycles. The second-order valence-electron chi connectivity index (χ2n) is 4.26. The highest BCUT2D eigenvalue weighted by Gasteiger charge is 2.09. The predicted octanol–water partition coefficient (Wildman–Crippen LogP) is 4.17. The topological polar surface area (TPSA) is 29.1 Å². The zero-order valence-corrected chi connectivity index (χ0v) is 14.2. The maximum absolute atomic E-state index is 13.0. The molecule has 0 aromatic heterocycles. The molecular weight excluding hydrogens is 436 g/mol. The van der Waals surface area contributed by atoms with Gasteiger partial charge in [0.1, 0.15) is 5.82 Å². The van der Waals surface area contributed by atoms with Gasteiger partial charge in [0.15, 0.2) is 0 Å². The van der Waals surface area contributed by atoms with Gasteiger partial charge in [0.25, 0.3) is 5.91 Å². The lowest BCUT2D eigenvalue weighted by Crippen LogP contribution is -2.26. The quantitative estimate of drug-likeness (QED) is 0.700. The second-order valence-corrected chi connectivity index (χ2v) is 6.36. The molecule has 0 bridgehead atoms. The Bertz CT molecular complexity index is 633. The van der Waals surface area contributed by atoms with E-state index in [1.165, 1.54) is 12.1 Å². The van der Waals surface area contributed by atoms with Gasteiger partial charge in [-0.1, -0.05) is 12.1 Å². The summed E-state index contributed by atoms with van der Waals surface area (Å²) in [7, 11) is 0. The molecule has 20 heavy (non-hydrogen) atoms. The molecule has 0 spiro atoms. The van der Waals surface area contributed by atoms with E-state index < -0.39 is 0 Å². The normalized spacial score (nSPS) is 10.3. The number of carbonyl (C=O) groups is 1. The third-order valence-electron chi connectivity index (χ3n) is 2.76. The number of halogens is 3. The van der Waals surface area contributed by atoms with Gasteiger partial charge in [0, 0.05) is 14.6 Å². The molecule has 0 fully saturated rings. The lowest BCUT2D eigenvalue weighted by atomic mass is 10.1. The van der Waals surface area contributed by atoms with Crippen LogP contribution in [0.4, 0.5) is 4.39 Å². The molecule has 0 saturated heterocycles. The summed E-state index contributed by atoms with van der Waals surface area (Å²) in [6, 6.07) is 12.0. The Balaban J connectivity index is 1.94. The number of benzene rings is 2. The molecule has 2 aromatic carbocycles. The highest BCUT2D eigenvalue weighted by atomic mass is 127. The van der Waals surface area contributed by atoms with Crippen LogP contribution in [0.3, 0.4) is 0 Å². The highest BCUT2D eigenvalue weighted by Crippen LogP contribution is 2.19. The molecule has 0 aliphatic carbocycles. The molecule has 2 aromatic rings. The van der Waals surface area contributed by atoms with Crippen LogP contribution >= 0.6 is 38.5 Å². The summed E-state index contributed by atoms with van der Waals surface area (Å²) in [4.78, 5) is 12.1. The number of nitrogens with one attached hydrogen (secondary N) is 1. The van der Waals surface area contributed by atoms with Crippen molar-refractivity contribution in [1.29, 1.82) is 0 Å². The number of amides is 1. The van der Waals surface area contributed by atoms with Gasteiger partial charge in [-0.3, -0.25) is 4.79 Å². The van der Waals surface area contributed by atoms with Gasteiger partial charge in [-0.2, -0.15) is 0 Å². The summed E-state index contributed by atoms with van der Waals surface area (Å²) >= 11 is 5.53. The van der Waals surface area contributed by atoms with Crippen LogP contribution in [0.2, 0.25) is 0 Å². The van der Waals surface area contributed by atoms with Crippen LogP contribution in [0.5, 0.6) is 0 Å². The first-order valence-electron chi connectivity index (χ1n) is 6.04. The summed E-state index contributed by atoms with van der Waals surface area (Å²) in [5, 5.41) is 2.84. The van der Waals surface area contributed by atoms with Crippen LogP contribution in [0.15, 0.2) is 46.9 Å². The van der Waals surface area contributed by atoms with E-state index >= 15 is 0 Å². The average Bonchev–Trinajstić information content (AvgIpc) is 2.41. The van der Waals surface area contributed by atoms with Crippen molar-refractivity contribution in [2.24, 2.45) is 0 Å². The van der Waals surface area contributed by atoms with Crippen LogP contribution in [-0.2, 0) is 6.42 Å². The molecule has 0 heterocycles. The fraction of sp³-hybridized carbons (Fsp3) is 0.133. The molecule has 2 rings (SSSR count). The number of rotatable bonds is 4. The van der Waals surface area contributed by atoms with Gasteiger partial charge < -0.3 is 5.32 Å². The van der Waals surface area contributed by atoms with Crippen molar-refractivity contribution >= 4 is 44.4 Å². The molecule has 0 atom stereocenters. The van der Waals surface area contributed by atoms with Crippen LogP contribution in [0.25, 0.3) is 0 Å². The molecule has 104 valence electrons. The minimum Gasteiger partial charge on any atom is -0.352 e. The third-order valence-corrected chi connectivity index (χ3v) is 4.12. The summed E-state index contributed by atoms with van der Waals surface area (Å²) in [6.45, 7) is 0.472. The second kappa shape index (κ2) is 7.17. The minimum atomic E-state index is -0.255. The van der Waals surface area contributed by atoms with E-state index in [2.05, 4.69) is 43.8 Å². The van der Waals surface area contributed by atoms with E-state index in [1.807, 2.05) is 24.3 Å². The molecular formula is C15H12BrFINO. The van der Waals surface area contributed by atoms with E-state index in [0.717, 1.165) is 13.6 Å². The Morgan fingerprint density at radius 1 is 1.25 bits per heavy atom. The van der Waals surface area contributed by atoms with E-state index in [4.69, 9.17) is 0 Å². The first-order chi connectivity index (χ1) is 9.56. The van der Waals surface area contributed by atoms with E-state index in [-0.39, 0.29) is 11.7 Å². The Kier molecular flexibility index (Phi) is 5.54. The van der Waals surface area contributed by atoms with Crippen molar-refractivity contribution in [2.75, 3.05) is 6.54 Å². The highest BCUT2D eigenvalue weighted by molar-refractivity contribution is 14.1. The first-order valence-corrected chi connectivity index (χ1v) is 7.91. The number of hydrogen-bond donors (Lipinski definition) is 1. The third kappa shape index (κ3) is 4.28. The van der Waals surface area contributed by atoms with Gasteiger partial charge >= 0.3 is 0 Å².